The monoisotopic (exact) mass is 323 g/mol. The Morgan fingerprint density at radius 2 is 2.17 bits per heavy atom. The minimum Gasteiger partial charge on any atom is -0.313 e. The molecule has 0 amide bonds. The quantitative estimate of drug-likeness (QED) is 0.840. The van der Waals surface area contributed by atoms with Gasteiger partial charge in [-0.2, -0.15) is 0 Å². The van der Waals surface area contributed by atoms with Crippen molar-refractivity contribution in [3.8, 4) is 0 Å². The van der Waals surface area contributed by atoms with E-state index >= 15 is 0 Å². The summed E-state index contributed by atoms with van der Waals surface area (Å²) in [5.74, 6) is 0.763. The summed E-state index contributed by atoms with van der Waals surface area (Å²) in [5.41, 5.74) is 1.96. The Kier molecular flexibility index (Phi) is 3.04. The van der Waals surface area contributed by atoms with E-state index < -0.39 is 0 Å². The van der Waals surface area contributed by atoms with Crippen molar-refractivity contribution in [3.63, 3.8) is 0 Å². The molecule has 96 valence electrons. The number of benzene rings is 1. The van der Waals surface area contributed by atoms with Crippen LogP contribution in [0.3, 0.4) is 0 Å². The van der Waals surface area contributed by atoms with Crippen molar-refractivity contribution in [2.75, 3.05) is 7.05 Å². The topological polar surface area (TPSA) is 12.0 Å². The average Bonchev–Trinajstić information content (AvgIpc) is 2.75. The lowest BCUT2D eigenvalue weighted by molar-refractivity contribution is 0.444. The van der Waals surface area contributed by atoms with E-state index in [1.165, 1.54) is 26.5 Å². The molecular weight excluding hydrogens is 306 g/mol. The fourth-order valence-corrected chi connectivity index (χ4v) is 4.59. The third-order valence-corrected chi connectivity index (χ3v) is 6.19. The van der Waals surface area contributed by atoms with Gasteiger partial charge >= 0.3 is 0 Å². The molecule has 1 nitrogen and oxygen atoms in total. The highest BCUT2D eigenvalue weighted by atomic mass is 79.9. The molecule has 0 spiro atoms. The van der Waals surface area contributed by atoms with Crippen LogP contribution in [0, 0.1) is 11.3 Å². The van der Waals surface area contributed by atoms with Gasteiger partial charge in [0.25, 0.3) is 0 Å². The van der Waals surface area contributed by atoms with Crippen LogP contribution in [-0.2, 0) is 0 Å². The van der Waals surface area contributed by atoms with Gasteiger partial charge < -0.3 is 5.32 Å². The van der Waals surface area contributed by atoms with Crippen LogP contribution in [-0.4, -0.2) is 7.05 Å². The van der Waals surface area contributed by atoms with E-state index in [2.05, 4.69) is 65.7 Å². The van der Waals surface area contributed by atoms with Gasteiger partial charge in [0.1, 0.15) is 0 Å². The fraction of sp³-hybridized carbons (Fsp3) is 0.467. The fourth-order valence-electron chi connectivity index (χ4n) is 2.93. The highest BCUT2D eigenvalue weighted by Crippen LogP contribution is 2.58. The summed E-state index contributed by atoms with van der Waals surface area (Å²) in [6.45, 7) is 4.74. The van der Waals surface area contributed by atoms with Gasteiger partial charge in [0.2, 0.25) is 0 Å². The molecular formula is C15H18BrNS. The van der Waals surface area contributed by atoms with Gasteiger partial charge in [-0.25, -0.2) is 0 Å². The molecule has 1 aliphatic carbocycles. The van der Waals surface area contributed by atoms with Crippen molar-refractivity contribution >= 4 is 37.4 Å². The Bertz CT molecular complexity index is 587. The highest BCUT2D eigenvalue weighted by Gasteiger charge is 2.50. The maximum Gasteiger partial charge on any atom is 0.0488 e. The number of hydrogen-bond donors (Lipinski definition) is 1. The summed E-state index contributed by atoms with van der Waals surface area (Å²) in [5, 5.41) is 7.25. The molecule has 3 rings (SSSR count). The van der Waals surface area contributed by atoms with Crippen LogP contribution in [0.2, 0.25) is 0 Å². The zero-order chi connectivity index (χ0) is 12.9. The first-order valence-electron chi connectivity index (χ1n) is 6.37. The van der Waals surface area contributed by atoms with Crippen LogP contribution in [0.5, 0.6) is 0 Å². The maximum atomic E-state index is 3.65. The van der Waals surface area contributed by atoms with Crippen molar-refractivity contribution in [1.29, 1.82) is 0 Å². The Morgan fingerprint density at radius 3 is 2.78 bits per heavy atom. The maximum absolute atomic E-state index is 3.65. The number of thiophene rings is 1. The van der Waals surface area contributed by atoms with Gasteiger partial charge in [0.15, 0.2) is 0 Å². The Labute approximate surface area is 121 Å². The van der Waals surface area contributed by atoms with Crippen LogP contribution in [0.25, 0.3) is 10.1 Å². The van der Waals surface area contributed by atoms with Crippen molar-refractivity contribution in [2.45, 2.75) is 26.3 Å². The van der Waals surface area contributed by atoms with Crippen LogP contribution >= 0.6 is 27.3 Å². The standard InChI is InChI=1S/C15H18BrNS/c1-15(2)7-11(15)13(17-3)10-8-18-14-9(10)5-4-6-12(14)16/h4-6,8,11,13,17H,7H2,1-3H3. The first-order valence-corrected chi connectivity index (χ1v) is 8.05. The molecule has 1 saturated carbocycles. The molecule has 0 bridgehead atoms. The second kappa shape index (κ2) is 4.32. The van der Waals surface area contributed by atoms with E-state index in [1.54, 1.807) is 0 Å². The van der Waals surface area contributed by atoms with Crippen LogP contribution < -0.4 is 5.32 Å². The van der Waals surface area contributed by atoms with Gasteiger partial charge in [-0.15, -0.1) is 11.3 Å². The third-order valence-electron chi connectivity index (χ3n) is 4.22. The minimum absolute atomic E-state index is 0.489. The van der Waals surface area contributed by atoms with Gasteiger partial charge in [-0.3, -0.25) is 0 Å². The zero-order valence-corrected chi connectivity index (χ0v) is 13.4. The third kappa shape index (κ3) is 1.93. The summed E-state index contributed by atoms with van der Waals surface area (Å²) in [4.78, 5) is 0. The lowest BCUT2D eigenvalue weighted by atomic mass is 9.97. The molecule has 1 aromatic carbocycles. The summed E-state index contributed by atoms with van der Waals surface area (Å²) >= 11 is 5.49. The molecule has 1 fully saturated rings. The summed E-state index contributed by atoms with van der Waals surface area (Å²) < 4.78 is 2.58. The largest absolute Gasteiger partial charge is 0.313 e. The molecule has 1 N–H and O–H groups in total. The number of hydrogen-bond acceptors (Lipinski definition) is 2. The molecule has 2 aromatic rings. The Morgan fingerprint density at radius 1 is 1.44 bits per heavy atom. The molecule has 0 radical (unpaired) electrons. The van der Waals surface area contributed by atoms with Crippen molar-refractivity contribution in [2.24, 2.45) is 11.3 Å². The second-order valence-electron chi connectivity index (χ2n) is 5.87. The van der Waals surface area contributed by atoms with E-state index in [4.69, 9.17) is 0 Å². The van der Waals surface area contributed by atoms with E-state index in [-0.39, 0.29) is 0 Å². The molecule has 1 aromatic heterocycles. The molecule has 0 saturated heterocycles. The van der Waals surface area contributed by atoms with E-state index in [0.29, 0.717) is 11.5 Å². The molecule has 2 atom stereocenters. The molecule has 1 aliphatic rings. The van der Waals surface area contributed by atoms with Gasteiger partial charge in [-0.05, 0) is 63.1 Å². The van der Waals surface area contributed by atoms with Crippen LogP contribution in [0.1, 0.15) is 31.9 Å². The number of fused-ring (bicyclic) bond motifs is 1. The summed E-state index contributed by atoms with van der Waals surface area (Å²) in [6, 6.07) is 6.99. The van der Waals surface area contributed by atoms with Crippen molar-refractivity contribution < 1.29 is 0 Å². The van der Waals surface area contributed by atoms with Crippen LogP contribution in [0.15, 0.2) is 28.1 Å². The first kappa shape index (κ1) is 12.6. The number of halogens is 1. The highest BCUT2D eigenvalue weighted by molar-refractivity contribution is 9.10. The smallest absolute Gasteiger partial charge is 0.0488 e. The van der Waals surface area contributed by atoms with Gasteiger partial charge in [0, 0.05) is 15.2 Å². The molecule has 2 unspecified atom stereocenters. The normalized spacial score (nSPS) is 23.2. The molecule has 1 heterocycles. The lowest BCUT2D eigenvalue weighted by Gasteiger charge is -2.17. The van der Waals surface area contributed by atoms with Crippen molar-refractivity contribution in [1.82, 2.24) is 5.32 Å². The summed E-state index contributed by atoms with van der Waals surface area (Å²) in [6.07, 6.45) is 1.32. The van der Waals surface area contributed by atoms with Crippen molar-refractivity contribution in [3.05, 3.63) is 33.6 Å². The SMILES string of the molecule is CNC(c1csc2c(Br)cccc12)C1CC1(C)C. The molecule has 18 heavy (non-hydrogen) atoms. The predicted octanol–water partition coefficient (Wildman–Crippen LogP) is 4.97. The average molecular weight is 324 g/mol. The number of rotatable bonds is 3. The van der Waals surface area contributed by atoms with E-state index in [0.717, 1.165) is 5.92 Å². The summed E-state index contributed by atoms with van der Waals surface area (Å²) in [7, 11) is 2.08. The second-order valence-corrected chi connectivity index (χ2v) is 7.61. The molecule has 0 aliphatic heterocycles. The van der Waals surface area contributed by atoms with E-state index in [1.807, 2.05) is 11.3 Å². The Hall–Kier alpha value is -0.380. The zero-order valence-electron chi connectivity index (χ0n) is 11.0. The predicted molar refractivity (Wildman–Crippen MR) is 83.2 cm³/mol. The Balaban J connectivity index is 2.06. The number of nitrogens with one attached hydrogen (secondary N) is 1. The first-order chi connectivity index (χ1) is 8.54. The van der Waals surface area contributed by atoms with Gasteiger partial charge in [-0.1, -0.05) is 26.0 Å². The molecule has 3 heteroatoms. The minimum atomic E-state index is 0.489. The lowest BCUT2D eigenvalue weighted by Crippen LogP contribution is -2.20. The van der Waals surface area contributed by atoms with E-state index in [9.17, 15) is 0 Å². The van der Waals surface area contributed by atoms with Crippen LogP contribution in [0.4, 0.5) is 0 Å². The van der Waals surface area contributed by atoms with Gasteiger partial charge in [0.05, 0.1) is 0 Å².